The van der Waals surface area contributed by atoms with Gasteiger partial charge in [-0.3, -0.25) is 4.79 Å². The number of aromatic nitrogens is 2. The van der Waals surface area contributed by atoms with Gasteiger partial charge in [-0.2, -0.15) is 4.98 Å². The molecule has 23 heavy (non-hydrogen) atoms. The Morgan fingerprint density at radius 3 is 2.87 bits per heavy atom. The predicted octanol–water partition coefficient (Wildman–Crippen LogP) is 2.00. The van der Waals surface area contributed by atoms with Crippen molar-refractivity contribution < 1.29 is 14.4 Å². The fraction of sp³-hybridized carbons (Fsp3) is 0.471. The largest absolute Gasteiger partial charge is 0.392 e. The predicted molar refractivity (Wildman–Crippen MR) is 83.5 cm³/mol. The molecule has 6 heteroatoms. The Kier molecular flexibility index (Phi) is 4.71. The van der Waals surface area contributed by atoms with Crippen LogP contribution < -0.4 is 5.32 Å². The molecule has 0 spiro atoms. The van der Waals surface area contributed by atoms with Gasteiger partial charge in [0, 0.05) is 6.42 Å². The summed E-state index contributed by atoms with van der Waals surface area (Å²) in [4.78, 5) is 16.5. The van der Waals surface area contributed by atoms with E-state index in [1.54, 1.807) is 6.92 Å². The van der Waals surface area contributed by atoms with E-state index in [0.29, 0.717) is 24.6 Å². The zero-order chi connectivity index (χ0) is 16.2. The van der Waals surface area contributed by atoms with Gasteiger partial charge in [0.15, 0.2) is 5.82 Å². The smallest absolute Gasteiger partial charge is 0.248 e. The number of amides is 1. The lowest BCUT2D eigenvalue weighted by Crippen LogP contribution is -2.36. The molecule has 1 heterocycles. The van der Waals surface area contributed by atoms with Crippen molar-refractivity contribution in [2.75, 3.05) is 0 Å². The van der Waals surface area contributed by atoms with Crippen molar-refractivity contribution >= 4 is 5.91 Å². The second-order valence-corrected chi connectivity index (χ2v) is 6.05. The molecule has 3 rings (SSSR count). The van der Waals surface area contributed by atoms with E-state index >= 15 is 0 Å². The SMILES string of the molecule is CC(NC(=O)C1CCCC1O)c1nc(Cc2ccccc2)no1. The quantitative estimate of drug-likeness (QED) is 0.881. The summed E-state index contributed by atoms with van der Waals surface area (Å²) >= 11 is 0. The molecule has 2 N–H and O–H groups in total. The molecule has 0 aliphatic heterocycles. The minimum atomic E-state index is -0.543. The van der Waals surface area contributed by atoms with Crippen molar-refractivity contribution in [1.29, 1.82) is 0 Å². The van der Waals surface area contributed by atoms with Gasteiger partial charge >= 0.3 is 0 Å². The van der Waals surface area contributed by atoms with E-state index < -0.39 is 6.10 Å². The van der Waals surface area contributed by atoms with E-state index in [1.807, 2.05) is 30.3 Å². The third kappa shape index (κ3) is 3.76. The summed E-state index contributed by atoms with van der Waals surface area (Å²) in [6.07, 6.45) is 2.34. The van der Waals surface area contributed by atoms with Crippen LogP contribution in [0.2, 0.25) is 0 Å². The molecule has 3 unspecified atom stereocenters. The highest BCUT2D eigenvalue weighted by molar-refractivity contribution is 5.79. The van der Waals surface area contributed by atoms with Crippen LogP contribution in [0.1, 0.15) is 49.5 Å². The average Bonchev–Trinajstić information content (AvgIpc) is 3.17. The van der Waals surface area contributed by atoms with Crippen LogP contribution in [0.3, 0.4) is 0 Å². The van der Waals surface area contributed by atoms with Crippen LogP contribution in [-0.4, -0.2) is 27.3 Å². The summed E-state index contributed by atoms with van der Waals surface area (Å²) in [5, 5.41) is 16.6. The molecule has 1 fully saturated rings. The first-order chi connectivity index (χ1) is 11.1. The van der Waals surface area contributed by atoms with Crippen LogP contribution in [0.4, 0.5) is 0 Å². The monoisotopic (exact) mass is 315 g/mol. The lowest BCUT2D eigenvalue weighted by molar-refractivity contribution is -0.128. The van der Waals surface area contributed by atoms with Crippen molar-refractivity contribution in [2.45, 2.75) is 44.8 Å². The van der Waals surface area contributed by atoms with Crippen LogP contribution in [0.15, 0.2) is 34.9 Å². The summed E-state index contributed by atoms with van der Waals surface area (Å²) in [7, 11) is 0. The number of aliphatic hydroxyl groups excluding tert-OH is 1. The van der Waals surface area contributed by atoms with Crippen molar-refractivity contribution in [3.05, 3.63) is 47.6 Å². The Hall–Kier alpha value is -2.21. The number of carbonyl (C=O) groups is 1. The summed E-state index contributed by atoms with van der Waals surface area (Å²) in [6, 6.07) is 9.52. The maximum absolute atomic E-state index is 12.2. The van der Waals surface area contributed by atoms with Gasteiger partial charge < -0.3 is 14.9 Å². The van der Waals surface area contributed by atoms with Crippen LogP contribution in [0.5, 0.6) is 0 Å². The number of aliphatic hydroxyl groups is 1. The molecule has 122 valence electrons. The molecule has 1 aliphatic carbocycles. The van der Waals surface area contributed by atoms with E-state index in [4.69, 9.17) is 4.52 Å². The molecule has 1 amide bonds. The van der Waals surface area contributed by atoms with E-state index in [9.17, 15) is 9.90 Å². The zero-order valence-corrected chi connectivity index (χ0v) is 13.1. The van der Waals surface area contributed by atoms with Crippen molar-refractivity contribution in [1.82, 2.24) is 15.5 Å². The molecule has 1 aromatic heterocycles. The summed E-state index contributed by atoms with van der Waals surface area (Å²) in [5.41, 5.74) is 1.10. The highest BCUT2D eigenvalue weighted by atomic mass is 16.5. The van der Waals surface area contributed by atoms with Gasteiger partial charge in [0.2, 0.25) is 11.8 Å². The highest BCUT2D eigenvalue weighted by Crippen LogP contribution is 2.26. The van der Waals surface area contributed by atoms with Crippen molar-refractivity contribution in [2.24, 2.45) is 5.92 Å². The van der Waals surface area contributed by atoms with E-state index in [2.05, 4.69) is 15.5 Å². The zero-order valence-electron chi connectivity index (χ0n) is 13.1. The van der Waals surface area contributed by atoms with Crippen LogP contribution >= 0.6 is 0 Å². The Bertz CT molecular complexity index is 656. The summed E-state index contributed by atoms with van der Waals surface area (Å²) in [6.45, 7) is 1.80. The molecule has 2 aromatic rings. The van der Waals surface area contributed by atoms with E-state index in [1.165, 1.54) is 0 Å². The third-order valence-electron chi connectivity index (χ3n) is 4.23. The van der Waals surface area contributed by atoms with Gasteiger partial charge in [-0.25, -0.2) is 0 Å². The van der Waals surface area contributed by atoms with Gasteiger partial charge in [-0.05, 0) is 31.7 Å². The molecule has 1 aliphatic rings. The number of carbonyl (C=O) groups excluding carboxylic acids is 1. The maximum Gasteiger partial charge on any atom is 0.248 e. The first-order valence-electron chi connectivity index (χ1n) is 7.98. The standard InChI is InChI=1S/C17H21N3O3/c1-11(18-16(22)13-8-5-9-14(13)21)17-19-15(20-23-17)10-12-6-3-2-4-7-12/h2-4,6-7,11,13-14,21H,5,8-10H2,1H3,(H,18,22). The van der Waals surface area contributed by atoms with Gasteiger partial charge in [-0.15, -0.1) is 0 Å². The van der Waals surface area contributed by atoms with E-state index in [-0.39, 0.29) is 17.9 Å². The van der Waals surface area contributed by atoms with Gasteiger partial charge in [0.05, 0.1) is 12.0 Å². The number of hydrogen-bond donors (Lipinski definition) is 2. The van der Waals surface area contributed by atoms with Crippen molar-refractivity contribution in [3.63, 3.8) is 0 Å². The second kappa shape index (κ2) is 6.91. The minimum absolute atomic E-state index is 0.148. The normalized spacial score (nSPS) is 22.0. The lowest BCUT2D eigenvalue weighted by Gasteiger charge is -2.16. The van der Waals surface area contributed by atoms with Gasteiger partial charge in [0.25, 0.3) is 0 Å². The fourth-order valence-electron chi connectivity index (χ4n) is 2.92. The molecule has 0 saturated heterocycles. The first kappa shape index (κ1) is 15.7. The summed E-state index contributed by atoms with van der Waals surface area (Å²) in [5.74, 6) is 0.499. The molecule has 0 bridgehead atoms. The topological polar surface area (TPSA) is 88.2 Å². The lowest BCUT2D eigenvalue weighted by atomic mass is 10.0. The second-order valence-electron chi connectivity index (χ2n) is 6.05. The third-order valence-corrected chi connectivity index (χ3v) is 4.23. The molecular formula is C17H21N3O3. The number of hydrogen-bond acceptors (Lipinski definition) is 5. The van der Waals surface area contributed by atoms with Crippen molar-refractivity contribution in [3.8, 4) is 0 Å². The number of benzene rings is 1. The molecule has 6 nitrogen and oxygen atoms in total. The van der Waals surface area contributed by atoms with Crippen LogP contribution in [0.25, 0.3) is 0 Å². The minimum Gasteiger partial charge on any atom is -0.392 e. The Balaban J connectivity index is 1.60. The van der Waals surface area contributed by atoms with Crippen LogP contribution in [-0.2, 0) is 11.2 Å². The molecule has 0 radical (unpaired) electrons. The number of nitrogens with zero attached hydrogens (tertiary/aromatic N) is 2. The fourth-order valence-corrected chi connectivity index (χ4v) is 2.92. The number of nitrogens with one attached hydrogen (secondary N) is 1. The molecule has 3 atom stereocenters. The Morgan fingerprint density at radius 2 is 2.17 bits per heavy atom. The van der Waals surface area contributed by atoms with Gasteiger partial charge in [0.1, 0.15) is 6.04 Å². The summed E-state index contributed by atoms with van der Waals surface area (Å²) < 4.78 is 5.25. The molecule has 1 saturated carbocycles. The Labute approximate surface area is 134 Å². The van der Waals surface area contributed by atoms with Crippen LogP contribution in [0, 0.1) is 5.92 Å². The molecule has 1 aromatic carbocycles. The average molecular weight is 315 g/mol. The molecular weight excluding hydrogens is 294 g/mol. The van der Waals surface area contributed by atoms with E-state index in [0.717, 1.165) is 18.4 Å². The van der Waals surface area contributed by atoms with Gasteiger partial charge in [-0.1, -0.05) is 35.5 Å². The maximum atomic E-state index is 12.2. The number of rotatable bonds is 5. The Morgan fingerprint density at radius 1 is 1.39 bits per heavy atom. The highest BCUT2D eigenvalue weighted by Gasteiger charge is 2.32. The first-order valence-corrected chi connectivity index (χ1v) is 7.98.